The van der Waals surface area contributed by atoms with Gasteiger partial charge < -0.3 is 9.52 Å². The summed E-state index contributed by atoms with van der Waals surface area (Å²) in [7, 11) is -1.77. The SMILES string of the molecule is CC(C)(C)c1cc(-c2cccc3c2nc(-c2cc(C(C)(C)C)cc(C(C)(C)C)c2O)n3-c2ccccc2-c2ccccc2)cc(-c2nccc3c2oc2nc([Si](C)(C)C)nn23)c1. The van der Waals surface area contributed by atoms with E-state index >= 15 is 0 Å². The Morgan fingerprint density at radius 1 is 0.597 bits per heavy atom. The smallest absolute Gasteiger partial charge is 0.325 e. The van der Waals surface area contributed by atoms with Crippen LogP contribution < -0.4 is 5.45 Å². The summed E-state index contributed by atoms with van der Waals surface area (Å²) in [5.74, 6) is 1.40. The van der Waals surface area contributed by atoms with E-state index in [4.69, 9.17) is 24.5 Å². The number of fused-ring (bicyclic) bond motifs is 4. The third-order valence-electron chi connectivity index (χ3n) is 11.9. The molecule has 0 aliphatic heterocycles. The van der Waals surface area contributed by atoms with Crippen LogP contribution in [-0.2, 0) is 16.2 Å². The molecule has 0 saturated heterocycles. The van der Waals surface area contributed by atoms with Gasteiger partial charge in [0.2, 0.25) is 0 Å². The highest BCUT2D eigenvalue weighted by Gasteiger charge is 2.30. The number of oxazole rings is 1. The first-order valence-corrected chi connectivity index (χ1v) is 25.0. The van der Waals surface area contributed by atoms with Crippen LogP contribution >= 0.6 is 0 Å². The van der Waals surface area contributed by atoms with Gasteiger partial charge in [-0.25, -0.2) is 4.98 Å². The zero-order chi connectivity index (χ0) is 44.1. The van der Waals surface area contributed by atoms with Crippen molar-refractivity contribution in [2.75, 3.05) is 0 Å². The highest BCUT2D eigenvalue weighted by molar-refractivity contribution is 6.87. The predicted octanol–water partition coefficient (Wildman–Crippen LogP) is 13.0. The van der Waals surface area contributed by atoms with Crippen molar-refractivity contribution < 1.29 is 9.52 Å². The minimum atomic E-state index is -1.77. The van der Waals surface area contributed by atoms with Crippen LogP contribution in [0, 0.1) is 0 Å². The van der Waals surface area contributed by atoms with Crippen LogP contribution in [0.25, 0.3) is 78.6 Å². The first-order valence-electron chi connectivity index (χ1n) is 21.5. The molecule has 0 aliphatic carbocycles. The Hall–Kier alpha value is -6.32. The Kier molecular flexibility index (Phi) is 9.52. The van der Waals surface area contributed by atoms with Crippen molar-refractivity contribution in [1.29, 1.82) is 0 Å². The van der Waals surface area contributed by atoms with Gasteiger partial charge in [-0.2, -0.15) is 14.6 Å². The van der Waals surface area contributed by atoms with Crippen LogP contribution in [0.15, 0.2) is 120 Å². The number of hydrogen-bond donors (Lipinski definition) is 1. The highest BCUT2D eigenvalue weighted by atomic mass is 28.3. The molecule has 0 aliphatic rings. The van der Waals surface area contributed by atoms with Crippen molar-refractivity contribution in [3.63, 3.8) is 0 Å². The maximum atomic E-state index is 12.4. The van der Waals surface area contributed by atoms with E-state index in [1.54, 1.807) is 0 Å². The fraction of sp³-hybridized carbons (Fsp3) is 0.283. The largest absolute Gasteiger partial charge is 0.507 e. The van der Waals surface area contributed by atoms with E-state index in [-0.39, 0.29) is 22.0 Å². The van der Waals surface area contributed by atoms with E-state index in [1.165, 1.54) is 0 Å². The van der Waals surface area contributed by atoms with Crippen molar-refractivity contribution in [2.45, 2.75) is 98.2 Å². The fourth-order valence-electron chi connectivity index (χ4n) is 8.29. The fourth-order valence-corrected chi connectivity index (χ4v) is 9.12. The Morgan fingerprint density at radius 2 is 1.26 bits per heavy atom. The number of phenols is 1. The standard InChI is InChI=1S/C53H56N6O2Si/c1-51(2,3)35-28-33(27-34(29-35)44-47-43(25-26-54-44)59-50(61-47)56-49(57-59)62(10,11)12)38-22-18-24-42-45(38)55-48(39-30-36(52(4,5)6)31-40(46(39)60)53(7,8)9)58(42)41-23-17-16-21-37(41)32-19-14-13-15-20-32/h13-31,60H,1-12H3. The number of hydrogen-bond acceptors (Lipinski definition) is 6. The van der Waals surface area contributed by atoms with Crippen molar-refractivity contribution >= 4 is 41.5 Å². The van der Waals surface area contributed by atoms with Gasteiger partial charge in [-0.15, -0.1) is 0 Å². The third-order valence-corrected chi connectivity index (χ3v) is 13.4. The molecule has 0 radical (unpaired) electrons. The first-order chi connectivity index (χ1) is 29.2. The topological polar surface area (TPSA) is 94.3 Å². The molecule has 1 N–H and O–H groups in total. The lowest BCUT2D eigenvalue weighted by atomic mass is 9.79. The molecule has 0 unspecified atom stereocenters. The molecule has 0 fully saturated rings. The normalized spacial score (nSPS) is 12.9. The van der Waals surface area contributed by atoms with Gasteiger partial charge in [0.25, 0.3) is 0 Å². The second kappa shape index (κ2) is 14.4. The van der Waals surface area contributed by atoms with Crippen LogP contribution in [0.1, 0.15) is 79.0 Å². The predicted molar refractivity (Wildman–Crippen MR) is 258 cm³/mol. The molecule has 9 heteroatoms. The zero-order valence-corrected chi connectivity index (χ0v) is 39.0. The molecule has 0 bridgehead atoms. The molecule has 0 amide bonds. The lowest BCUT2D eigenvalue weighted by molar-refractivity contribution is 0.446. The maximum absolute atomic E-state index is 12.4. The van der Waals surface area contributed by atoms with Gasteiger partial charge in [0, 0.05) is 28.5 Å². The minimum absolute atomic E-state index is 0.184. The van der Waals surface area contributed by atoms with E-state index in [9.17, 15) is 5.11 Å². The molecule has 0 spiro atoms. The molecule has 0 saturated carbocycles. The summed E-state index contributed by atoms with van der Waals surface area (Å²) >= 11 is 0. The van der Waals surface area contributed by atoms with Crippen LogP contribution in [0.2, 0.25) is 19.6 Å². The van der Waals surface area contributed by atoms with Crippen molar-refractivity contribution in [1.82, 2.24) is 29.1 Å². The molecule has 0 atom stereocenters. The highest BCUT2D eigenvalue weighted by Crippen LogP contribution is 2.46. The van der Waals surface area contributed by atoms with Gasteiger partial charge in [0.05, 0.1) is 22.3 Å². The van der Waals surface area contributed by atoms with E-state index in [0.717, 1.165) is 77.9 Å². The molecule has 314 valence electrons. The lowest BCUT2D eigenvalue weighted by Gasteiger charge is -2.27. The van der Waals surface area contributed by atoms with Crippen molar-refractivity contribution in [3.05, 3.63) is 132 Å². The van der Waals surface area contributed by atoms with Crippen molar-refractivity contribution in [3.8, 4) is 56.3 Å². The number of aromatic nitrogens is 6. The van der Waals surface area contributed by atoms with Gasteiger partial charge in [-0.3, -0.25) is 9.55 Å². The monoisotopic (exact) mass is 836 g/mol. The van der Waals surface area contributed by atoms with Gasteiger partial charge in [0.1, 0.15) is 36.3 Å². The molecule has 8 nitrogen and oxygen atoms in total. The average molecular weight is 837 g/mol. The molecule has 9 rings (SSSR count). The summed E-state index contributed by atoms with van der Waals surface area (Å²) in [6.45, 7) is 26.5. The van der Waals surface area contributed by atoms with Crippen LogP contribution in [0.4, 0.5) is 0 Å². The number of phenolic OH excluding ortho intramolecular Hbond substituents is 1. The van der Waals surface area contributed by atoms with E-state index in [2.05, 4.69) is 184 Å². The molecule has 4 heterocycles. The van der Waals surface area contributed by atoms with Crippen LogP contribution in [-0.4, -0.2) is 42.3 Å². The Balaban J connectivity index is 1.34. The van der Waals surface area contributed by atoms with E-state index in [0.29, 0.717) is 22.8 Å². The second-order valence-corrected chi connectivity index (χ2v) is 25.7. The summed E-state index contributed by atoms with van der Waals surface area (Å²) in [5.41, 5.74) is 14.0. The Morgan fingerprint density at radius 3 is 1.95 bits per heavy atom. The van der Waals surface area contributed by atoms with Gasteiger partial charge in [-0.1, -0.05) is 155 Å². The van der Waals surface area contributed by atoms with Crippen molar-refractivity contribution in [2.24, 2.45) is 0 Å². The van der Waals surface area contributed by atoms with Gasteiger partial charge >= 0.3 is 5.84 Å². The number of imidazole rings is 1. The molecule has 5 aromatic carbocycles. The maximum Gasteiger partial charge on any atom is 0.325 e. The van der Waals surface area contributed by atoms with Gasteiger partial charge in [-0.05, 0) is 74.9 Å². The van der Waals surface area contributed by atoms with Gasteiger partial charge in [0.15, 0.2) is 5.58 Å². The number of aromatic hydroxyl groups is 1. The average Bonchev–Trinajstić information content (AvgIpc) is 3.92. The number of rotatable bonds is 6. The molecular formula is C53H56N6O2Si. The summed E-state index contributed by atoms with van der Waals surface area (Å²) in [6.07, 6.45) is 1.83. The number of para-hydroxylation sites is 2. The van der Waals surface area contributed by atoms with E-state index in [1.807, 2.05) is 22.8 Å². The minimum Gasteiger partial charge on any atom is -0.507 e. The Bertz CT molecular complexity index is 3180. The summed E-state index contributed by atoms with van der Waals surface area (Å²) in [6, 6.07) is 38.3. The lowest BCUT2D eigenvalue weighted by Crippen LogP contribution is -2.40. The summed E-state index contributed by atoms with van der Waals surface area (Å²) < 4.78 is 10.6. The number of pyridine rings is 1. The Labute approximate surface area is 365 Å². The molecule has 9 aromatic rings. The zero-order valence-electron chi connectivity index (χ0n) is 38.0. The molecule has 62 heavy (non-hydrogen) atoms. The van der Waals surface area contributed by atoms with Crippen LogP contribution in [0.5, 0.6) is 5.75 Å². The number of benzene rings is 5. The molecule has 4 aromatic heterocycles. The number of nitrogens with zero attached hydrogens (tertiary/aromatic N) is 6. The first kappa shape index (κ1) is 41.1. The van der Waals surface area contributed by atoms with Crippen LogP contribution in [0.3, 0.4) is 0 Å². The second-order valence-electron chi connectivity index (χ2n) is 20.8. The summed E-state index contributed by atoms with van der Waals surface area (Å²) in [5, 5.41) is 17.3. The summed E-state index contributed by atoms with van der Waals surface area (Å²) in [4.78, 5) is 15.4. The molecular weight excluding hydrogens is 781 g/mol. The quantitative estimate of drug-likeness (QED) is 0.168. The third kappa shape index (κ3) is 7.12. The van der Waals surface area contributed by atoms with E-state index < -0.39 is 8.07 Å².